The van der Waals surface area contributed by atoms with Gasteiger partial charge in [0.15, 0.2) is 5.82 Å². The van der Waals surface area contributed by atoms with Crippen LogP contribution in [-0.2, 0) is 6.42 Å². The molecule has 0 aliphatic heterocycles. The summed E-state index contributed by atoms with van der Waals surface area (Å²) in [5.74, 6) is 0.692. The molecule has 4 heteroatoms. The van der Waals surface area contributed by atoms with Crippen LogP contribution >= 0.6 is 0 Å². The predicted octanol–water partition coefficient (Wildman–Crippen LogP) is 1.36. The van der Waals surface area contributed by atoms with Gasteiger partial charge in [0.25, 0.3) is 0 Å². The van der Waals surface area contributed by atoms with Crippen LogP contribution in [-0.4, -0.2) is 16.3 Å². The molecule has 2 N–H and O–H groups in total. The molecule has 4 nitrogen and oxygen atoms in total. The Morgan fingerprint density at radius 2 is 2.31 bits per heavy atom. The van der Waals surface area contributed by atoms with E-state index in [0.29, 0.717) is 5.82 Å². The van der Waals surface area contributed by atoms with E-state index in [1.165, 1.54) is 12.7 Å². The highest BCUT2D eigenvalue weighted by atomic mass is 15.0. The first-order valence-electron chi connectivity index (χ1n) is 4.34. The van der Waals surface area contributed by atoms with E-state index in [-0.39, 0.29) is 0 Å². The predicted molar refractivity (Wildman–Crippen MR) is 53.1 cm³/mol. The topological polar surface area (TPSA) is 64.2 Å². The third kappa shape index (κ3) is 2.24. The molecule has 0 saturated heterocycles. The Bertz CT molecular complexity index is 306. The van der Waals surface area contributed by atoms with E-state index in [0.717, 1.165) is 24.1 Å². The van der Waals surface area contributed by atoms with Gasteiger partial charge in [0, 0.05) is 11.3 Å². The second-order valence-corrected chi connectivity index (χ2v) is 2.79. The first-order chi connectivity index (χ1) is 6.29. The number of aromatic nitrogens is 2. The van der Waals surface area contributed by atoms with Gasteiger partial charge < -0.3 is 5.73 Å². The van der Waals surface area contributed by atoms with Crippen LogP contribution in [0.2, 0.25) is 0 Å². The van der Waals surface area contributed by atoms with Crippen LogP contribution in [0.25, 0.3) is 0 Å². The van der Waals surface area contributed by atoms with Gasteiger partial charge in [0.1, 0.15) is 6.33 Å². The van der Waals surface area contributed by atoms with E-state index in [1.54, 1.807) is 0 Å². The monoisotopic (exact) mass is 178 g/mol. The summed E-state index contributed by atoms with van der Waals surface area (Å²) >= 11 is 0. The lowest BCUT2D eigenvalue weighted by atomic mass is 10.1. The average Bonchev–Trinajstić information content (AvgIpc) is 2.11. The molecule has 0 aliphatic carbocycles. The summed E-state index contributed by atoms with van der Waals surface area (Å²) in [4.78, 5) is 12.2. The van der Waals surface area contributed by atoms with Crippen molar-refractivity contribution in [1.29, 1.82) is 0 Å². The molecule has 1 aromatic rings. The van der Waals surface area contributed by atoms with Gasteiger partial charge in [-0.25, -0.2) is 15.0 Å². The van der Waals surface area contributed by atoms with Crippen molar-refractivity contribution in [3.05, 3.63) is 17.6 Å². The second-order valence-electron chi connectivity index (χ2n) is 2.79. The van der Waals surface area contributed by atoms with Crippen LogP contribution < -0.4 is 5.73 Å². The lowest BCUT2D eigenvalue weighted by Gasteiger charge is -2.04. The Kier molecular flexibility index (Phi) is 3.37. The van der Waals surface area contributed by atoms with Crippen molar-refractivity contribution in [2.45, 2.75) is 26.7 Å². The quantitative estimate of drug-likeness (QED) is 0.561. The number of aliphatic imine (C=N–C) groups is 1. The third-order valence-electron chi connectivity index (χ3n) is 1.83. The molecular weight excluding hydrogens is 164 g/mol. The van der Waals surface area contributed by atoms with Crippen molar-refractivity contribution in [2.75, 3.05) is 0 Å². The van der Waals surface area contributed by atoms with Gasteiger partial charge in [-0.1, -0.05) is 13.3 Å². The lowest BCUT2D eigenvalue weighted by Crippen LogP contribution is -1.97. The number of nitrogens with zero attached hydrogens (tertiary/aromatic N) is 3. The van der Waals surface area contributed by atoms with E-state index in [4.69, 9.17) is 5.73 Å². The normalized spacial score (nSPS) is 10.9. The Labute approximate surface area is 77.9 Å². The van der Waals surface area contributed by atoms with Gasteiger partial charge in [-0.3, -0.25) is 0 Å². The molecule has 0 radical (unpaired) electrons. The van der Waals surface area contributed by atoms with E-state index < -0.39 is 0 Å². The number of aryl methyl sites for hydroxylation is 1. The summed E-state index contributed by atoms with van der Waals surface area (Å²) in [5, 5.41) is 0. The summed E-state index contributed by atoms with van der Waals surface area (Å²) < 4.78 is 0. The first kappa shape index (κ1) is 9.64. The fourth-order valence-electron chi connectivity index (χ4n) is 1.21. The maximum absolute atomic E-state index is 5.22. The number of hydrogen-bond donors (Lipinski definition) is 1. The molecule has 0 unspecified atom stereocenters. The SMILES string of the molecule is CCCc1c(C)ncnc1/N=C\N. The highest BCUT2D eigenvalue weighted by Crippen LogP contribution is 2.18. The van der Waals surface area contributed by atoms with Crippen LogP contribution in [0.5, 0.6) is 0 Å². The van der Waals surface area contributed by atoms with Crippen molar-refractivity contribution in [3.63, 3.8) is 0 Å². The van der Waals surface area contributed by atoms with Crippen molar-refractivity contribution in [3.8, 4) is 0 Å². The second kappa shape index (κ2) is 4.54. The minimum absolute atomic E-state index is 0.692. The van der Waals surface area contributed by atoms with E-state index in [2.05, 4.69) is 21.9 Å². The molecule has 0 fully saturated rings. The Morgan fingerprint density at radius 1 is 1.54 bits per heavy atom. The molecule has 0 spiro atoms. The fourth-order valence-corrected chi connectivity index (χ4v) is 1.21. The number of rotatable bonds is 3. The van der Waals surface area contributed by atoms with Gasteiger partial charge in [0.2, 0.25) is 0 Å². The highest BCUT2D eigenvalue weighted by Gasteiger charge is 2.05. The van der Waals surface area contributed by atoms with Crippen molar-refractivity contribution < 1.29 is 0 Å². The Morgan fingerprint density at radius 3 is 2.92 bits per heavy atom. The smallest absolute Gasteiger partial charge is 0.160 e. The average molecular weight is 178 g/mol. The molecule has 1 rings (SSSR count). The maximum Gasteiger partial charge on any atom is 0.160 e. The molecule has 0 amide bonds. The van der Waals surface area contributed by atoms with Gasteiger partial charge >= 0.3 is 0 Å². The third-order valence-corrected chi connectivity index (χ3v) is 1.83. The van der Waals surface area contributed by atoms with Crippen molar-refractivity contribution in [2.24, 2.45) is 10.7 Å². The van der Waals surface area contributed by atoms with Crippen LogP contribution in [0.15, 0.2) is 11.3 Å². The Balaban J connectivity index is 3.09. The van der Waals surface area contributed by atoms with Gasteiger partial charge in [-0.05, 0) is 13.3 Å². The summed E-state index contributed by atoms with van der Waals surface area (Å²) in [5.41, 5.74) is 7.30. The minimum atomic E-state index is 0.692. The van der Waals surface area contributed by atoms with Crippen LogP contribution in [0.1, 0.15) is 24.6 Å². The summed E-state index contributed by atoms with van der Waals surface area (Å²) in [7, 11) is 0. The molecule has 1 aromatic heterocycles. The van der Waals surface area contributed by atoms with Crippen LogP contribution in [0, 0.1) is 6.92 Å². The molecule has 0 saturated carbocycles. The molecule has 0 aliphatic rings. The molecule has 1 heterocycles. The van der Waals surface area contributed by atoms with Gasteiger partial charge in [-0.2, -0.15) is 0 Å². The molecule has 70 valence electrons. The van der Waals surface area contributed by atoms with E-state index in [1.807, 2.05) is 6.92 Å². The van der Waals surface area contributed by atoms with Gasteiger partial charge in [0.05, 0.1) is 6.34 Å². The molecule has 13 heavy (non-hydrogen) atoms. The number of hydrogen-bond acceptors (Lipinski definition) is 3. The zero-order valence-corrected chi connectivity index (χ0v) is 7.99. The maximum atomic E-state index is 5.22. The van der Waals surface area contributed by atoms with Gasteiger partial charge in [-0.15, -0.1) is 0 Å². The fraction of sp³-hybridized carbons (Fsp3) is 0.444. The number of nitrogens with two attached hydrogens (primary N) is 1. The van der Waals surface area contributed by atoms with Crippen molar-refractivity contribution >= 4 is 12.2 Å². The molecule has 0 atom stereocenters. The van der Waals surface area contributed by atoms with E-state index in [9.17, 15) is 0 Å². The lowest BCUT2D eigenvalue weighted by molar-refractivity contribution is 0.883. The first-order valence-corrected chi connectivity index (χ1v) is 4.34. The highest BCUT2D eigenvalue weighted by molar-refractivity contribution is 5.59. The van der Waals surface area contributed by atoms with Crippen LogP contribution in [0.3, 0.4) is 0 Å². The standard InChI is InChI=1S/C9H14N4/c1-3-4-8-7(2)12-6-13-9(8)11-5-10/h5-6H,3-4H2,1-2H3,(H2,10,11,12,13). The zero-order valence-electron chi connectivity index (χ0n) is 7.99. The van der Waals surface area contributed by atoms with Crippen molar-refractivity contribution in [1.82, 2.24) is 9.97 Å². The summed E-state index contributed by atoms with van der Waals surface area (Å²) in [6.07, 6.45) is 4.78. The zero-order chi connectivity index (χ0) is 9.68. The largest absolute Gasteiger partial charge is 0.390 e. The molecule has 0 bridgehead atoms. The summed E-state index contributed by atoms with van der Waals surface area (Å²) in [6, 6.07) is 0. The van der Waals surface area contributed by atoms with E-state index >= 15 is 0 Å². The molecular formula is C9H14N4. The van der Waals surface area contributed by atoms with Crippen LogP contribution in [0.4, 0.5) is 5.82 Å². The Hall–Kier alpha value is -1.45. The minimum Gasteiger partial charge on any atom is -0.390 e. The summed E-state index contributed by atoms with van der Waals surface area (Å²) in [6.45, 7) is 4.07. The molecule has 0 aromatic carbocycles.